The number of carbonyl (C=O) groups is 4. The molecular formula is C22H15N3O5S. The number of ether oxygens (including phenoxy) is 1. The fourth-order valence-corrected chi connectivity index (χ4v) is 3.32. The van der Waals surface area contributed by atoms with Crippen LogP contribution in [0.15, 0.2) is 66.0 Å². The highest BCUT2D eigenvalue weighted by molar-refractivity contribution is 7.80. The summed E-state index contributed by atoms with van der Waals surface area (Å²) >= 11 is 5.20. The van der Waals surface area contributed by atoms with Gasteiger partial charge in [-0.15, -0.1) is 0 Å². The fourth-order valence-electron chi connectivity index (χ4n) is 3.07. The number of fused-ring (bicyclic) bond motifs is 1. The maximum Gasteiger partial charge on any atom is 0.349 e. The van der Waals surface area contributed by atoms with E-state index in [-0.39, 0.29) is 33.6 Å². The second-order valence-electron chi connectivity index (χ2n) is 6.72. The molecule has 2 heterocycles. The van der Waals surface area contributed by atoms with Crippen molar-refractivity contribution in [2.75, 3.05) is 5.32 Å². The van der Waals surface area contributed by atoms with Gasteiger partial charge in [0, 0.05) is 18.8 Å². The zero-order valence-electron chi connectivity index (χ0n) is 16.2. The molecule has 0 aromatic heterocycles. The van der Waals surface area contributed by atoms with Crippen molar-refractivity contribution in [2.24, 2.45) is 0 Å². The van der Waals surface area contributed by atoms with Gasteiger partial charge in [0.15, 0.2) is 5.11 Å². The lowest BCUT2D eigenvalue weighted by atomic mass is 10.0. The number of hydrogen-bond acceptors (Lipinski definition) is 6. The molecule has 9 heteroatoms. The zero-order chi connectivity index (χ0) is 22.1. The molecule has 8 nitrogen and oxygen atoms in total. The van der Waals surface area contributed by atoms with Crippen LogP contribution in [-0.2, 0) is 14.4 Å². The Bertz CT molecular complexity index is 1210. The molecule has 2 aliphatic heterocycles. The first-order chi connectivity index (χ1) is 14.8. The maximum atomic E-state index is 12.8. The van der Waals surface area contributed by atoms with Crippen molar-refractivity contribution in [1.82, 2.24) is 10.2 Å². The number of rotatable bonds is 3. The van der Waals surface area contributed by atoms with Crippen molar-refractivity contribution in [1.29, 1.82) is 0 Å². The van der Waals surface area contributed by atoms with Gasteiger partial charge < -0.3 is 15.4 Å². The second kappa shape index (κ2) is 7.96. The molecule has 0 radical (unpaired) electrons. The molecule has 4 rings (SSSR count). The van der Waals surface area contributed by atoms with Crippen LogP contribution < -0.4 is 15.4 Å². The number of hydrogen-bond donors (Lipinski definition) is 2. The first-order valence-electron chi connectivity index (χ1n) is 9.15. The number of Topliss-reactive ketones (excluding diaryl/α,β-unsaturated/α-hetero) is 1. The molecule has 0 bridgehead atoms. The van der Waals surface area contributed by atoms with E-state index >= 15 is 0 Å². The Kier molecular flexibility index (Phi) is 5.18. The number of ketones is 1. The number of amides is 2. The number of nitrogens with zero attached hydrogens (tertiary/aromatic N) is 1. The van der Waals surface area contributed by atoms with Gasteiger partial charge >= 0.3 is 5.97 Å². The third kappa shape index (κ3) is 3.99. The topological polar surface area (TPSA) is 105 Å². The van der Waals surface area contributed by atoms with Gasteiger partial charge in [0.2, 0.25) is 11.7 Å². The van der Waals surface area contributed by atoms with Crippen LogP contribution in [0.5, 0.6) is 5.75 Å². The van der Waals surface area contributed by atoms with Crippen LogP contribution >= 0.6 is 12.2 Å². The quantitative estimate of drug-likeness (QED) is 0.252. The average Bonchev–Trinajstić information content (AvgIpc) is 2.99. The first-order valence-corrected chi connectivity index (χ1v) is 9.56. The van der Waals surface area contributed by atoms with Gasteiger partial charge in [-0.05, 0) is 48.1 Å². The van der Waals surface area contributed by atoms with Gasteiger partial charge in [-0.2, -0.15) is 0 Å². The number of anilines is 1. The van der Waals surface area contributed by atoms with Crippen molar-refractivity contribution >= 4 is 52.7 Å². The minimum Gasteiger partial charge on any atom is -0.422 e. The molecule has 1 saturated heterocycles. The highest BCUT2D eigenvalue weighted by Crippen LogP contribution is 2.28. The Morgan fingerprint density at radius 3 is 2.52 bits per heavy atom. The van der Waals surface area contributed by atoms with E-state index in [4.69, 9.17) is 17.0 Å². The third-order valence-corrected chi connectivity index (χ3v) is 4.81. The highest BCUT2D eigenvalue weighted by Gasteiger charge is 2.35. The summed E-state index contributed by atoms with van der Waals surface area (Å²) in [5.41, 5.74) is 1.42. The summed E-state index contributed by atoms with van der Waals surface area (Å²) < 4.78 is 5.18. The van der Waals surface area contributed by atoms with Gasteiger partial charge in [0.1, 0.15) is 17.0 Å². The van der Waals surface area contributed by atoms with E-state index in [0.29, 0.717) is 11.3 Å². The van der Waals surface area contributed by atoms with Crippen LogP contribution in [0.2, 0.25) is 0 Å². The largest absolute Gasteiger partial charge is 0.422 e. The Hall–Kier alpha value is -4.11. The van der Waals surface area contributed by atoms with Gasteiger partial charge in [-0.3, -0.25) is 19.3 Å². The number of para-hydroxylation sites is 1. The van der Waals surface area contributed by atoms with Gasteiger partial charge in [0.25, 0.3) is 5.91 Å². The van der Waals surface area contributed by atoms with Crippen LogP contribution in [0.3, 0.4) is 0 Å². The summed E-state index contributed by atoms with van der Waals surface area (Å²) in [5.74, 6) is -1.95. The first kappa shape index (κ1) is 20.2. The van der Waals surface area contributed by atoms with Crippen molar-refractivity contribution in [3.05, 3.63) is 77.1 Å². The van der Waals surface area contributed by atoms with E-state index in [9.17, 15) is 19.2 Å². The third-order valence-electron chi connectivity index (χ3n) is 4.51. The minimum absolute atomic E-state index is 0.0260. The van der Waals surface area contributed by atoms with Crippen molar-refractivity contribution in [3.63, 3.8) is 0 Å². The van der Waals surface area contributed by atoms with E-state index in [2.05, 4.69) is 10.6 Å². The standard InChI is InChI=1S/C22H15N3O5S/c1-12(26)23-14-8-6-13(7-9-14)10-17-20(28)25(22(31)24-17)11-16-19(27)15-4-2-3-5-18(15)30-21(16)29/h2-11H,1H3,(H,23,26)(H,24,31)/b16-11+,17-10+. The smallest absolute Gasteiger partial charge is 0.349 e. The van der Waals surface area contributed by atoms with E-state index < -0.39 is 17.7 Å². The lowest BCUT2D eigenvalue weighted by molar-refractivity contribution is -0.130. The van der Waals surface area contributed by atoms with Crippen LogP contribution in [-0.4, -0.2) is 33.6 Å². The van der Waals surface area contributed by atoms with E-state index in [1.165, 1.54) is 19.1 Å². The van der Waals surface area contributed by atoms with Gasteiger partial charge in [-0.1, -0.05) is 24.3 Å². The zero-order valence-corrected chi connectivity index (χ0v) is 17.0. The maximum absolute atomic E-state index is 12.8. The number of nitrogens with one attached hydrogen (secondary N) is 2. The summed E-state index contributed by atoms with van der Waals surface area (Å²) in [6.07, 6.45) is 2.67. The van der Waals surface area contributed by atoms with Crippen molar-refractivity contribution < 1.29 is 23.9 Å². The van der Waals surface area contributed by atoms with Gasteiger partial charge in [0.05, 0.1) is 5.56 Å². The summed E-state index contributed by atoms with van der Waals surface area (Å²) in [7, 11) is 0. The Morgan fingerprint density at radius 2 is 1.81 bits per heavy atom. The molecular weight excluding hydrogens is 418 g/mol. The lowest BCUT2D eigenvalue weighted by Crippen LogP contribution is -2.31. The second-order valence-corrected chi connectivity index (χ2v) is 7.11. The molecule has 2 amide bonds. The molecule has 2 N–H and O–H groups in total. The Morgan fingerprint density at radius 1 is 1.10 bits per heavy atom. The molecule has 31 heavy (non-hydrogen) atoms. The Balaban J connectivity index is 1.59. The molecule has 2 aromatic rings. The van der Waals surface area contributed by atoms with Crippen LogP contribution in [0.4, 0.5) is 5.69 Å². The normalized spacial score (nSPS) is 18.2. The van der Waals surface area contributed by atoms with Crippen molar-refractivity contribution in [2.45, 2.75) is 6.92 Å². The molecule has 0 saturated carbocycles. The summed E-state index contributed by atoms with van der Waals surface area (Å²) in [4.78, 5) is 49.9. The van der Waals surface area contributed by atoms with Crippen LogP contribution in [0, 0.1) is 0 Å². The van der Waals surface area contributed by atoms with Crippen molar-refractivity contribution in [3.8, 4) is 5.75 Å². The van der Waals surface area contributed by atoms with Gasteiger partial charge in [-0.25, -0.2) is 4.79 Å². The molecule has 1 fully saturated rings. The molecule has 154 valence electrons. The summed E-state index contributed by atoms with van der Waals surface area (Å²) in [6, 6.07) is 13.2. The minimum atomic E-state index is -0.856. The predicted octanol–water partition coefficient (Wildman–Crippen LogP) is 2.39. The van der Waals surface area contributed by atoms with E-state index in [0.717, 1.165) is 11.1 Å². The van der Waals surface area contributed by atoms with Crippen LogP contribution in [0.25, 0.3) is 6.08 Å². The average molecular weight is 433 g/mol. The molecule has 0 atom stereocenters. The molecule has 2 aromatic carbocycles. The van der Waals surface area contributed by atoms with E-state index in [1.807, 2.05) is 0 Å². The number of thiocarbonyl (C=S) groups is 1. The molecule has 0 aliphatic carbocycles. The molecule has 0 unspecified atom stereocenters. The number of carbonyl (C=O) groups excluding carboxylic acids is 4. The van der Waals surface area contributed by atoms with Crippen LogP contribution in [0.1, 0.15) is 22.8 Å². The SMILES string of the molecule is CC(=O)Nc1ccc(/C=C2/NC(=S)N(/C=C3/C(=O)Oc4ccccc4C3=O)C2=O)cc1. The molecule has 0 spiro atoms. The molecule has 2 aliphatic rings. The fraction of sp³-hybridized carbons (Fsp3) is 0.0455. The predicted molar refractivity (Wildman–Crippen MR) is 116 cm³/mol. The summed E-state index contributed by atoms with van der Waals surface area (Å²) in [5, 5.41) is 5.46. The number of benzene rings is 2. The summed E-state index contributed by atoms with van der Waals surface area (Å²) in [6.45, 7) is 1.41. The Labute approximate surface area is 182 Å². The lowest BCUT2D eigenvalue weighted by Gasteiger charge is -2.18. The van der Waals surface area contributed by atoms with E-state index in [1.54, 1.807) is 42.5 Å². The highest BCUT2D eigenvalue weighted by atomic mass is 32.1. The monoisotopic (exact) mass is 433 g/mol. The number of esters is 1.